The minimum absolute atomic E-state index is 0.0539. The average molecular weight is 545 g/mol. The van der Waals surface area contributed by atoms with Crippen LogP contribution in [0.1, 0.15) is 66.4 Å². The molecule has 1 fully saturated rings. The van der Waals surface area contributed by atoms with Crippen molar-refractivity contribution < 1.29 is 33.4 Å². The van der Waals surface area contributed by atoms with Gasteiger partial charge in [-0.3, -0.25) is 24.2 Å². The number of hydrogen-bond donors (Lipinski definition) is 2. The summed E-state index contributed by atoms with van der Waals surface area (Å²) < 4.78 is 10.1. The summed E-state index contributed by atoms with van der Waals surface area (Å²) in [6.45, 7) is 10.3. The van der Waals surface area contributed by atoms with Gasteiger partial charge >= 0.3 is 11.9 Å². The minimum Gasteiger partial charge on any atom is -0.460 e. The van der Waals surface area contributed by atoms with Gasteiger partial charge in [-0.1, -0.05) is 33.8 Å². The highest BCUT2D eigenvalue weighted by Gasteiger charge is 2.39. The van der Waals surface area contributed by atoms with E-state index in [2.05, 4.69) is 15.6 Å². The number of carbonyl (C=O) groups excluding carboxylic acids is 5. The van der Waals surface area contributed by atoms with Gasteiger partial charge in [0, 0.05) is 32.3 Å². The molecule has 11 nitrogen and oxygen atoms in total. The van der Waals surface area contributed by atoms with Gasteiger partial charge in [-0.25, -0.2) is 4.79 Å². The predicted octanol–water partition coefficient (Wildman–Crippen LogP) is 2.26. The van der Waals surface area contributed by atoms with Gasteiger partial charge in [-0.2, -0.15) is 0 Å². The Balaban J connectivity index is 2.19. The smallest absolute Gasteiger partial charge is 0.376 e. The van der Waals surface area contributed by atoms with Crippen LogP contribution in [0.25, 0.3) is 0 Å². The Labute approximate surface area is 229 Å². The van der Waals surface area contributed by atoms with E-state index in [9.17, 15) is 24.0 Å². The maximum absolute atomic E-state index is 13.6. The second-order valence-electron chi connectivity index (χ2n) is 10.0. The molecule has 1 aliphatic heterocycles. The van der Waals surface area contributed by atoms with E-state index in [4.69, 9.17) is 9.47 Å². The molecule has 1 unspecified atom stereocenters. The van der Waals surface area contributed by atoms with Gasteiger partial charge < -0.3 is 25.0 Å². The Hall–Kier alpha value is -3.76. The third-order valence-electron chi connectivity index (χ3n) is 6.24. The molecule has 2 rings (SSSR count). The molecule has 2 atom stereocenters. The molecule has 1 saturated heterocycles. The molecular weight excluding hydrogens is 504 g/mol. The fourth-order valence-corrected chi connectivity index (χ4v) is 4.27. The molecule has 1 aromatic heterocycles. The zero-order valence-electron chi connectivity index (χ0n) is 23.6. The molecule has 2 heterocycles. The molecule has 0 aliphatic carbocycles. The van der Waals surface area contributed by atoms with E-state index in [0.29, 0.717) is 25.8 Å². The lowest BCUT2D eigenvalue weighted by atomic mass is 10.0. The van der Waals surface area contributed by atoms with Crippen molar-refractivity contribution in [2.24, 2.45) is 11.8 Å². The number of amides is 3. The number of nitrogens with one attached hydrogen (secondary N) is 2. The zero-order valence-corrected chi connectivity index (χ0v) is 23.6. The first-order valence-electron chi connectivity index (χ1n) is 13.4. The molecule has 0 radical (unpaired) electrons. The molecule has 2 N–H and O–H groups in total. The largest absolute Gasteiger partial charge is 0.460 e. The molecule has 0 spiro atoms. The molecule has 11 heteroatoms. The molecule has 0 aromatic carbocycles. The summed E-state index contributed by atoms with van der Waals surface area (Å²) in [5.41, 5.74) is 1.01. The van der Waals surface area contributed by atoms with Crippen LogP contribution in [-0.4, -0.2) is 64.8 Å². The summed E-state index contributed by atoms with van der Waals surface area (Å²) in [5, 5.41) is 5.55. The maximum atomic E-state index is 13.6. The van der Waals surface area contributed by atoms with Gasteiger partial charge in [-0.15, -0.1) is 0 Å². The van der Waals surface area contributed by atoms with Crippen molar-refractivity contribution in [2.75, 3.05) is 13.2 Å². The molecular formula is C28H40N4O7. The highest BCUT2D eigenvalue weighted by molar-refractivity contribution is 5.95. The number of carbonyl (C=O) groups is 5. The highest BCUT2D eigenvalue weighted by atomic mass is 16.6. The topological polar surface area (TPSA) is 144 Å². The summed E-state index contributed by atoms with van der Waals surface area (Å²) in [6, 6.07) is 2.05. The first kappa shape index (κ1) is 31.5. The quantitative estimate of drug-likeness (QED) is 0.232. The van der Waals surface area contributed by atoms with Crippen molar-refractivity contribution in [3.05, 3.63) is 41.5 Å². The van der Waals surface area contributed by atoms with Crippen molar-refractivity contribution in [1.82, 2.24) is 20.5 Å². The number of pyridine rings is 1. The van der Waals surface area contributed by atoms with Crippen LogP contribution in [0.4, 0.5) is 0 Å². The second kappa shape index (κ2) is 15.0. The summed E-state index contributed by atoms with van der Waals surface area (Å²) >= 11 is 0. The van der Waals surface area contributed by atoms with Crippen LogP contribution in [0.5, 0.6) is 0 Å². The third kappa shape index (κ3) is 9.19. The Morgan fingerprint density at radius 1 is 1.15 bits per heavy atom. The molecule has 0 saturated carbocycles. The molecule has 1 aliphatic rings. The van der Waals surface area contributed by atoms with E-state index in [1.807, 2.05) is 19.9 Å². The average Bonchev–Trinajstić information content (AvgIpc) is 3.38. The zero-order chi connectivity index (χ0) is 29.1. The van der Waals surface area contributed by atoms with Gasteiger partial charge in [0.25, 0.3) is 0 Å². The summed E-state index contributed by atoms with van der Waals surface area (Å²) in [5.74, 6) is -3.73. The standard InChI is InChI=1S/C28H40N4O7/c1-7-38-28(37)25(39-19(6)33)23(17(2)3)31-26(35)21-11-9-15-32(21)27(36)24(18(4)5)30-22(34)13-12-20-10-8-14-29-16-20/h8,10,14,16-18,21,24H,7,9,11-13,15H2,1-6H3,(H,30,34)(H,31,35)/t21-,24?/m0/s1. The molecule has 39 heavy (non-hydrogen) atoms. The van der Waals surface area contributed by atoms with Crippen molar-refractivity contribution in [2.45, 2.75) is 79.3 Å². The number of rotatable bonds is 12. The van der Waals surface area contributed by atoms with Crippen molar-refractivity contribution in [3.63, 3.8) is 0 Å². The van der Waals surface area contributed by atoms with Crippen LogP contribution in [0.15, 0.2) is 36.0 Å². The first-order chi connectivity index (χ1) is 18.5. The van der Waals surface area contributed by atoms with Gasteiger partial charge in [0.05, 0.1) is 12.3 Å². The van der Waals surface area contributed by atoms with Crippen molar-refractivity contribution in [3.8, 4) is 0 Å². The van der Waals surface area contributed by atoms with Crippen LogP contribution in [0, 0.1) is 11.8 Å². The van der Waals surface area contributed by atoms with E-state index in [-0.39, 0.29) is 42.2 Å². The van der Waals surface area contributed by atoms with Crippen LogP contribution in [0.2, 0.25) is 0 Å². The summed E-state index contributed by atoms with van der Waals surface area (Å²) in [6.07, 6.45) is 5.04. The normalized spacial score (nSPS) is 16.4. The minimum atomic E-state index is -0.870. The molecule has 3 amide bonds. The Bertz CT molecular complexity index is 1070. The molecule has 0 bridgehead atoms. The van der Waals surface area contributed by atoms with E-state index < -0.39 is 35.8 Å². The van der Waals surface area contributed by atoms with E-state index in [1.54, 1.807) is 39.2 Å². The number of ether oxygens (including phenoxy) is 2. The second-order valence-corrected chi connectivity index (χ2v) is 10.0. The fraction of sp³-hybridized carbons (Fsp3) is 0.571. The number of nitrogens with zero attached hydrogens (tertiary/aromatic N) is 2. The number of aryl methyl sites for hydroxylation is 1. The van der Waals surface area contributed by atoms with E-state index in [0.717, 1.165) is 12.5 Å². The molecule has 214 valence electrons. The summed E-state index contributed by atoms with van der Waals surface area (Å²) in [4.78, 5) is 69.3. The van der Waals surface area contributed by atoms with Crippen LogP contribution in [0.3, 0.4) is 0 Å². The van der Waals surface area contributed by atoms with E-state index >= 15 is 0 Å². The number of aromatic nitrogens is 1. The van der Waals surface area contributed by atoms with Gasteiger partial charge in [-0.05, 0) is 49.7 Å². The monoisotopic (exact) mass is 544 g/mol. The van der Waals surface area contributed by atoms with Gasteiger partial charge in [0.2, 0.25) is 23.5 Å². The predicted molar refractivity (Wildman–Crippen MR) is 142 cm³/mol. The number of allylic oxidation sites excluding steroid dienone is 1. The summed E-state index contributed by atoms with van der Waals surface area (Å²) in [7, 11) is 0. The third-order valence-corrected chi connectivity index (χ3v) is 6.24. The maximum Gasteiger partial charge on any atom is 0.376 e. The van der Waals surface area contributed by atoms with Gasteiger partial charge in [0.15, 0.2) is 0 Å². The molecule has 1 aromatic rings. The highest BCUT2D eigenvalue weighted by Crippen LogP contribution is 2.23. The number of likely N-dealkylation sites (tertiary alicyclic amines) is 1. The lowest BCUT2D eigenvalue weighted by molar-refractivity contribution is -0.150. The Morgan fingerprint density at radius 2 is 1.87 bits per heavy atom. The Morgan fingerprint density at radius 3 is 2.44 bits per heavy atom. The van der Waals surface area contributed by atoms with Crippen LogP contribution < -0.4 is 10.6 Å². The SMILES string of the molecule is CCOC(=O)C(OC(C)=O)=C(NC(=O)[C@@H]1CCCN1C(=O)C(NC(=O)CCc1cccnc1)C(C)C)C(C)C. The van der Waals surface area contributed by atoms with Crippen molar-refractivity contribution in [1.29, 1.82) is 0 Å². The van der Waals surface area contributed by atoms with Crippen LogP contribution >= 0.6 is 0 Å². The van der Waals surface area contributed by atoms with Crippen LogP contribution in [-0.2, 0) is 39.9 Å². The van der Waals surface area contributed by atoms with Gasteiger partial charge in [0.1, 0.15) is 12.1 Å². The number of esters is 2. The van der Waals surface area contributed by atoms with Crippen molar-refractivity contribution >= 4 is 29.7 Å². The Kier molecular flexibility index (Phi) is 12.1. The first-order valence-corrected chi connectivity index (χ1v) is 13.4. The fourth-order valence-electron chi connectivity index (χ4n) is 4.27. The lowest BCUT2D eigenvalue weighted by Crippen LogP contribution is -2.55. The lowest BCUT2D eigenvalue weighted by Gasteiger charge is -2.31. The number of hydrogen-bond acceptors (Lipinski definition) is 8. The van der Waals surface area contributed by atoms with E-state index in [1.165, 1.54) is 4.90 Å².